The standard InChI is InChI=1S/C29H35N3Si/c1-29(2)31-26-21(20-12-6-5-7-13-20)18-19-30-28(26)32(29)33(3,4)27-24-16-10-8-14-22(24)23-15-9-11-17-25(23)27/h5-19,22-28,31H,1-4H3/t22?,23?,24?,25?,26?,27?,28-/m0/s1. The zero-order valence-corrected chi connectivity index (χ0v) is 21.1. The van der Waals surface area contributed by atoms with Crippen LogP contribution < -0.4 is 5.32 Å². The molecule has 0 bridgehead atoms. The Morgan fingerprint density at radius 3 is 2.03 bits per heavy atom. The van der Waals surface area contributed by atoms with Gasteiger partial charge in [0.25, 0.3) is 0 Å². The van der Waals surface area contributed by atoms with Crippen LogP contribution in [0.15, 0.2) is 90.0 Å². The molecule has 6 atom stereocenters. The molecule has 0 spiro atoms. The third kappa shape index (κ3) is 3.18. The molecule has 3 nitrogen and oxygen atoms in total. The van der Waals surface area contributed by atoms with Crippen LogP contribution in [-0.2, 0) is 0 Å². The number of benzene rings is 1. The van der Waals surface area contributed by atoms with Crippen molar-refractivity contribution in [2.45, 2.75) is 50.4 Å². The number of rotatable bonds is 3. The fourth-order valence-electron chi connectivity index (χ4n) is 7.81. The van der Waals surface area contributed by atoms with Crippen LogP contribution in [0.3, 0.4) is 0 Å². The summed E-state index contributed by atoms with van der Waals surface area (Å²) in [4.78, 5) is 5.12. The summed E-state index contributed by atoms with van der Waals surface area (Å²) in [7, 11) is -1.97. The van der Waals surface area contributed by atoms with Crippen LogP contribution in [0, 0.1) is 23.7 Å². The Kier molecular flexibility index (Phi) is 4.91. The normalized spacial score (nSPS) is 38.2. The molecule has 6 rings (SSSR count). The lowest BCUT2D eigenvalue weighted by Crippen LogP contribution is -2.64. The Bertz CT molecular complexity index is 1070. The quantitative estimate of drug-likeness (QED) is 0.586. The highest BCUT2D eigenvalue weighted by Crippen LogP contribution is 2.59. The van der Waals surface area contributed by atoms with Crippen LogP contribution in [-0.4, -0.2) is 36.9 Å². The van der Waals surface area contributed by atoms with Crippen LogP contribution >= 0.6 is 0 Å². The van der Waals surface area contributed by atoms with Crippen molar-refractivity contribution in [1.29, 1.82) is 0 Å². The monoisotopic (exact) mass is 453 g/mol. The minimum absolute atomic E-state index is 0.114. The van der Waals surface area contributed by atoms with Crippen molar-refractivity contribution >= 4 is 20.0 Å². The van der Waals surface area contributed by atoms with Gasteiger partial charge in [-0.05, 0) is 60.3 Å². The Hall–Kier alpha value is -2.27. The molecule has 4 heteroatoms. The Labute approximate surface area is 199 Å². The lowest BCUT2D eigenvalue weighted by atomic mass is 9.83. The maximum atomic E-state index is 5.12. The molecule has 2 aliphatic heterocycles. The molecule has 1 aromatic carbocycles. The lowest BCUT2D eigenvalue weighted by Gasteiger charge is -2.50. The van der Waals surface area contributed by atoms with Crippen LogP contribution in [0.1, 0.15) is 19.4 Å². The largest absolute Gasteiger partial charge is 0.290 e. The summed E-state index contributed by atoms with van der Waals surface area (Å²) in [6.45, 7) is 9.96. The van der Waals surface area contributed by atoms with Crippen molar-refractivity contribution in [3.05, 3.63) is 90.6 Å². The van der Waals surface area contributed by atoms with E-state index in [1.54, 1.807) is 0 Å². The predicted octanol–water partition coefficient (Wildman–Crippen LogP) is 5.80. The van der Waals surface area contributed by atoms with E-state index < -0.39 is 8.24 Å². The maximum Gasteiger partial charge on any atom is 0.131 e. The highest BCUT2D eigenvalue weighted by molar-refractivity contribution is 6.76. The van der Waals surface area contributed by atoms with Gasteiger partial charge in [-0.25, -0.2) is 0 Å². The van der Waals surface area contributed by atoms with E-state index in [-0.39, 0.29) is 17.9 Å². The van der Waals surface area contributed by atoms with Crippen molar-refractivity contribution in [2.75, 3.05) is 0 Å². The fourth-order valence-corrected chi connectivity index (χ4v) is 13.1. The topological polar surface area (TPSA) is 27.6 Å². The zero-order valence-electron chi connectivity index (χ0n) is 20.1. The van der Waals surface area contributed by atoms with Crippen molar-refractivity contribution < 1.29 is 0 Å². The van der Waals surface area contributed by atoms with Gasteiger partial charge in [-0.2, -0.15) is 0 Å². The molecule has 0 amide bonds. The van der Waals surface area contributed by atoms with E-state index in [0.717, 1.165) is 0 Å². The summed E-state index contributed by atoms with van der Waals surface area (Å²) in [5, 5.41) is 4.02. The summed E-state index contributed by atoms with van der Waals surface area (Å²) in [6.07, 6.45) is 23.5. The molecule has 0 aromatic heterocycles. The second-order valence-corrected chi connectivity index (χ2v) is 15.7. The molecule has 2 fully saturated rings. The first-order valence-corrected chi connectivity index (χ1v) is 15.5. The molecule has 170 valence electrons. The van der Waals surface area contributed by atoms with Crippen molar-refractivity contribution in [2.24, 2.45) is 28.7 Å². The van der Waals surface area contributed by atoms with E-state index >= 15 is 0 Å². The van der Waals surface area contributed by atoms with Gasteiger partial charge in [-0.15, -0.1) is 0 Å². The minimum atomic E-state index is -1.97. The molecule has 1 saturated carbocycles. The van der Waals surface area contributed by atoms with Gasteiger partial charge < -0.3 is 0 Å². The van der Waals surface area contributed by atoms with E-state index in [9.17, 15) is 0 Å². The van der Waals surface area contributed by atoms with E-state index in [4.69, 9.17) is 4.99 Å². The average Bonchev–Trinajstić information content (AvgIpc) is 3.30. The van der Waals surface area contributed by atoms with Crippen LogP contribution in [0.25, 0.3) is 5.57 Å². The first kappa shape index (κ1) is 21.3. The molecule has 1 aromatic rings. The van der Waals surface area contributed by atoms with Crippen LogP contribution in [0.2, 0.25) is 18.6 Å². The number of hydrogen-bond acceptors (Lipinski definition) is 3. The number of dihydropyridines is 1. The van der Waals surface area contributed by atoms with Crippen molar-refractivity contribution in [3.8, 4) is 0 Å². The highest BCUT2D eigenvalue weighted by atomic mass is 28.3. The molecular weight excluding hydrogens is 418 g/mol. The number of hydrogen-bond donors (Lipinski definition) is 1. The van der Waals surface area contributed by atoms with Crippen molar-refractivity contribution in [3.63, 3.8) is 0 Å². The number of fused-ring (bicyclic) bond motifs is 4. The summed E-state index contributed by atoms with van der Waals surface area (Å²) in [5.41, 5.74) is 3.19. The predicted molar refractivity (Wildman–Crippen MR) is 141 cm³/mol. The van der Waals surface area contributed by atoms with Gasteiger partial charge in [0, 0.05) is 6.21 Å². The Morgan fingerprint density at radius 2 is 1.42 bits per heavy atom. The van der Waals surface area contributed by atoms with Gasteiger partial charge in [0.15, 0.2) is 0 Å². The Morgan fingerprint density at radius 1 is 0.848 bits per heavy atom. The zero-order chi connectivity index (χ0) is 22.8. The Balaban J connectivity index is 1.40. The molecule has 0 radical (unpaired) electrons. The van der Waals surface area contributed by atoms with Gasteiger partial charge in [0.1, 0.15) is 14.4 Å². The van der Waals surface area contributed by atoms with Gasteiger partial charge in [0.2, 0.25) is 0 Å². The molecule has 1 saturated heterocycles. The SMILES string of the molecule is CC1(C)NC2C(c3ccccc3)=CC=N[C@H]2N1[Si](C)(C)C1C2C=CC=CC2C2C=CC=CC21. The maximum absolute atomic E-state index is 5.12. The van der Waals surface area contributed by atoms with Crippen molar-refractivity contribution in [1.82, 2.24) is 9.88 Å². The number of nitrogens with zero attached hydrogens (tertiary/aromatic N) is 2. The third-order valence-electron chi connectivity index (χ3n) is 8.76. The number of allylic oxidation sites excluding steroid dienone is 9. The average molecular weight is 454 g/mol. The van der Waals surface area contributed by atoms with E-state index in [1.807, 2.05) is 0 Å². The second kappa shape index (κ2) is 7.62. The van der Waals surface area contributed by atoms with Gasteiger partial charge in [-0.3, -0.25) is 14.9 Å². The van der Waals surface area contributed by atoms with Crippen LogP contribution in [0.4, 0.5) is 0 Å². The highest BCUT2D eigenvalue weighted by Gasteiger charge is 2.61. The molecule has 33 heavy (non-hydrogen) atoms. The summed E-state index contributed by atoms with van der Waals surface area (Å²) < 4.78 is 2.83. The van der Waals surface area contributed by atoms with Gasteiger partial charge >= 0.3 is 0 Å². The number of nitrogens with one attached hydrogen (secondary N) is 1. The minimum Gasteiger partial charge on any atom is -0.290 e. The third-order valence-corrected chi connectivity index (χ3v) is 13.2. The van der Waals surface area contributed by atoms with E-state index in [1.165, 1.54) is 11.1 Å². The first-order valence-electron chi connectivity index (χ1n) is 12.5. The molecule has 2 heterocycles. The summed E-state index contributed by atoms with van der Waals surface area (Å²) in [6, 6.07) is 11.0. The smallest absolute Gasteiger partial charge is 0.131 e. The van der Waals surface area contributed by atoms with Crippen LogP contribution in [0.5, 0.6) is 0 Å². The van der Waals surface area contributed by atoms with E-state index in [0.29, 0.717) is 29.2 Å². The van der Waals surface area contributed by atoms with E-state index in [2.05, 4.69) is 128 Å². The first-order chi connectivity index (χ1) is 15.9. The molecule has 1 N–H and O–H groups in total. The lowest BCUT2D eigenvalue weighted by molar-refractivity contribution is 0.213. The second-order valence-electron chi connectivity index (χ2n) is 11.3. The summed E-state index contributed by atoms with van der Waals surface area (Å²) >= 11 is 0. The summed E-state index contributed by atoms with van der Waals surface area (Å²) in [5.74, 6) is 2.43. The van der Waals surface area contributed by atoms with Gasteiger partial charge in [0.05, 0.1) is 11.7 Å². The molecular formula is C29H35N3Si. The van der Waals surface area contributed by atoms with Gasteiger partial charge in [-0.1, -0.05) is 92.0 Å². The molecule has 5 aliphatic rings. The fraction of sp³-hybridized carbons (Fsp3) is 0.414. The molecule has 5 unspecified atom stereocenters. The number of aliphatic imine (C=N–C) groups is 1. The molecule has 3 aliphatic carbocycles.